The van der Waals surface area contributed by atoms with Crippen molar-refractivity contribution < 1.29 is 8.81 Å². The Morgan fingerprint density at radius 2 is 2.21 bits per heavy atom. The zero-order valence-corrected chi connectivity index (χ0v) is 12.4. The third-order valence-electron chi connectivity index (χ3n) is 2.93. The molecule has 1 N–H and O–H groups in total. The van der Waals surface area contributed by atoms with Crippen LogP contribution < -0.4 is 5.32 Å². The molecule has 0 aliphatic heterocycles. The van der Waals surface area contributed by atoms with Gasteiger partial charge in [-0.15, -0.1) is 0 Å². The Bertz CT molecular complexity index is 526. The molecule has 1 atom stereocenters. The Morgan fingerprint density at radius 3 is 2.84 bits per heavy atom. The summed E-state index contributed by atoms with van der Waals surface area (Å²) in [6, 6.07) is 8.62. The smallest absolute Gasteiger partial charge is 0.135 e. The molecule has 4 heteroatoms. The van der Waals surface area contributed by atoms with Gasteiger partial charge in [0.1, 0.15) is 11.6 Å². The van der Waals surface area contributed by atoms with Gasteiger partial charge >= 0.3 is 0 Å². The molecule has 19 heavy (non-hydrogen) atoms. The molecule has 1 unspecified atom stereocenters. The summed E-state index contributed by atoms with van der Waals surface area (Å²) in [6.45, 7) is 3.01. The van der Waals surface area contributed by atoms with Crippen molar-refractivity contribution in [1.82, 2.24) is 5.32 Å². The maximum atomic E-state index is 13.2. The maximum Gasteiger partial charge on any atom is 0.135 e. The lowest BCUT2D eigenvalue weighted by atomic mass is 10.0. The summed E-state index contributed by atoms with van der Waals surface area (Å²) in [5.41, 5.74) is 0.955. The summed E-state index contributed by atoms with van der Waals surface area (Å²) in [7, 11) is 0. The summed E-state index contributed by atoms with van der Waals surface area (Å²) in [5, 5.41) is 3.43. The Balaban J connectivity index is 2.16. The van der Waals surface area contributed by atoms with Crippen LogP contribution in [-0.2, 0) is 6.42 Å². The highest BCUT2D eigenvalue weighted by Crippen LogP contribution is 2.27. The van der Waals surface area contributed by atoms with E-state index in [1.165, 1.54) is 6.07 Å². The molecule has 0 bridgehead atoms. The van der Waals surface area contributed by atoms with E-state index in [1.54, 1.807) is 18.4 Å². The van der Waals surface area contributed by atoms with Gasteiger partial charge < -0.3 is 9.73 Å². The van der Waals surface area contributed by atoms with E-state index in [9.17, 15) is 4.39 Å². The molecule has 2 aromatic rings. The average Bonchev–Trinajstić information content (AvgIpc) is 2.81. The second-order valence-electron chi connectivity index (χ2n) is 4.47. The molecule has 0 amide bonds. The lowest BCUT2D eigenvalue weighted by Crippen LogP contribution is -2.24. The predicted molar refractivity (Wildman–Crippen MR) is 77.5 cm³/mol. The van der Waals surface area contributed by atoms with Gasteiger partial charge in [0.05, 0.1) is 16.8 Å². The highest BCUT2D eigenvalue weighted by atomic mass is 79.9. The normalized spacial score (nSPS) is 12.6. The van der Waals surface area contributed by atoms with E-state index in [0.29, 0.717) is 6.42 Å². The van der Waals surface area contributed by atoms with E-state index < -0.39 is 0 Å². The fourth-order valence-electron chi connectivity index (χ4n) is 2.03. The summed E-state index contributed by atoms with van der Waals surface area (Å²) >= 11 is 3.48. The van der Waals surface area contributed by atoms with E-state index in [0.717, 1.165) is 28.8 Å². The fourth-order valence-corrected chi connectivity index (χ4v) is 2.51. The number of halogens is 2. The zero-order valence-electron chi connectivity index (χ0n) is 10.8. The van der Waals surface area contributed by atoms with Gasteiger partial charge in [0.15, 0.2) is 0 Å². The minimum Gasteiger partial charge on any atom is -0.466 e. The molecule has 2 rings (SSSR count). The van der Waals surface area contributed by atoms with E-state index in [1.807, 2.05) is 12.1 Å². The highest BCUT2D eigenvalue weighted by Gasteiger charge is 2.18. The van der Waals surface area contributed by atoms with Crippen molar-refractivity contribution in [3.8, 4) is 0 Å². The van der Waals surface area contributed by atoms with Crippen LogP contribution in [0.25, 0.3) is 0 Å². The molecule has 0 radical (unpaired) electrons. The average molecular weight is 326 g/mol. The Morgan fingerprint density at radius 1 is 1.37 bits per heavy atom. The van der Waals surface area contributed by atoms with Crippen molar-refractivity contribution in [2.75, 3.05) is 6.54 Å². The molecule has 1 aromatic carbocycles. The first-order valence-electron chi connectivity index (χ1n) is 6.41. The molecule has 102 valence electrons. The number of furan rings is 1. The van der Waals surface area contributed by atoms with Crippen molar-refractivity contribution in [3.63, 3.8) is 0 Å². The van der Waals surface area contributed by atoms with Gasteiger partial charge in [-0.05, 0) is 59.1 Å². The van der Waals surface area contributed by atoms with Crippen LogP contribution >= 0.6 is 15.9 Å². The van der Waals surface area contributed by atoms with Crippen molar-refractivity contribution in [1.29, 1.82) is 0 Å². The zero-order chi connectivity index (χ0) is 13.7. The minimum absolute atomic E-state index is 0.0473. The number of hydrogen-bond donors (Lipinski definition) is 1. The first kappa shape index (κ1) is 14.3. The van der Waals surface area contributed by atoms with Crippen LogP contribution in [0.2, 0.25) is 0 Å². The first-order chi connectivity index (χ1) is 9.20. The molecule has 0 saturated heterocycles. The predicted octanol–water partition coefficient (Wildman–Crippen LogP) is 4.46. The number of nitrogens with one attached hydrogen (secondary N) is 1. The highest BCUT2D eigenvalue weighted by molar-refractivity contribution is 9.10. The van der Waals surface area contributed by atoms with E-state index in [2.05, 4.69) is 28.2 Å². The summed E-state index contributed by atoms with van der Waals surface area (Å²) in [4.78, 5) is 0. The standard InChI is InChI=1S/C15H17BrFNO/c1-2-7-18-14(15-13(16)6-8-19-15)10-11-4-3-5-12(17)9-11/h3-6,8-9,14,18H,2,7,10H2,1H3. The Labute approximate surface area is 121 Å². The lowest BCUT2D eigenvalue weighted by Gasteiger charge is -2.17. The van der Waals surface area contributed by atoms with Gasteiger partial charge in [0, 0.05) is 0 Å². The molecular weight excluding hydrogens is 309 g/mol. The molecule has 0 aliphatic carbocycles. The number of hydrogen-bond acceptors (Lipinski definition) is 2. The van der Waals surface area contributed by atoms with E-state index in [-0.39, 0.29) is 11.9 Å². The first-order valence-corrected chi connectivity index (χ1v) is 7.20. The van der Waals surface area contributed by atoms with Crippen molar-refractivity contribution >= 4 is 15.9 Å². The number of benzene rings is 1. The van der Waals surface area contributed by atoms with Crippen molar-refractivity contribution in [2.24, 2.45) is 0 Å². The molecule has 1 heterocycles. The molecular formula is C15H17BrFNO. The van der Waals surface area contributed by atoms with Gasteiger partial charge in [-0.25, -0.2) is 4.39 Å². The molecule has 1 aromatic heterocycles. The van der Waals surface area contributed by atoms with Crippen molar-refractivity contribution in [2.45, 2.75) is 25.8 Å². The van der Waals surface area contributed by atoms with Crippen LogP contribution in [0.1, 0.15) is 30.7 Å². The second-order valence-corrected chi connectivity index (χ2v) is 5.33. The summed E-state index contributed by atoms with van der Waals surface area (Å²) in [5.74, 6) is 0.656. The van der Waals surface area contributed by atoms with Gasteiger partial charge in [-0.1, -0.05) is 19.1 Å². The van der Waals surface area contributed by atoms with E-state index >= 15 is 0 Å². The topological polar surface area (TPSA) is 25.2 Å². The summed E-state index contributed by atoms with van der Waals surface area (Å²) < 4.78 is 19.7. The molecule has 0 spiro atoms. The molecule has 0 aliphatic rings. The molecule has 2 nitrogen and oxygen atoms in total. The quantitative estimate of drug-likeness (QED) is 0.847. The van der Waals surface area contributed by atoms with Crippen LogP contribution in [0.4, 0.5) is 4.39 Å². The van der Waals surface area contributed by atoms with Crippen LogP contribution in [0.3, 0.4) is 0 Å². The largest absolute Gasteiger partial charge is 0.466 e. The van der Waals surface area contributed by atoms with Gasteiger partial charge in [0.2, 0.25) is 0 Å². The van der Waals surface area contributed by atoms with Crippen molar-refractivity contribution in [3.05, 3.63) is 58.2 Å². The van der Waals surface area contributed by atoms with E-state index in [4.69, 9.17) is 4.42 Å². The third-order valence-corrected chi connectivity index (χ3v) is 3.59. The van der Waals surface area contributed by atoms with Crippen LogP contribution in [-0.4, -0.2) is 6.54 Å². The fraction of sp³-hybridized carbons (Fsp3) is 0.333. The third kappa shape index (κ3) is 3.91. The SMILES string of the molecule is CCCNC(Cc1cccc(F)c1)c1occc1Br. The summed E-state index contributed by atoms with van der Waals surface area (Å²) in [6.07, 6.45) is 3.40. The monoisotopic (exact) mass is 325 g/mol. The lowest BCUT2D eigenvalue weighted by molar-refractivity contribution is 0.408. The molecule has 0 saturated carbocycles. The number of rotatable bonds is 6. The van der Waals surface area contributed by atoms with Gasteiger partial charge in [-0.2, -0.15) is 0 Å². The van der Waals surface area contributed by atoms with Crippen LogP contribution in [0.15, 0.2) is 45.5 Å². The second kappa shape index (κ2) is 6.87. The molecule has 0 fully saturated rings. The maximum absolute atomic E-state index is 13.2. The Kier molecular flexibility index (Phi) is 5.16. The Hall–Kier alpha value is -1.13. The van der Waals surface area contributed by atoms with Crippen LogP contribution in [0.5, 0.6) is 0 Å². The van der Waals surface area contributed by atoms with Gasteiger partial charge in [-0.3, -0.25) is 0 Å². The van der Waals surface area contributed by atoms with Gasteiger partial charge in [0.25, 0.3) is 0 Å². The minimum atomic E-state index is -0.203. The van der Waals surface area contributed by atoms with Crippen LogP contribution in [0, 0.1) is 5.82 Å².